The largest absolute Gasteiger partial charge is 0.394 e. The monoisotopic (exact) mass is 694 g/mol. The van der Waals surface area contributed by atoms with Crippen LogP contribution in [0, 0.1) is 0 Å². The molecule has 0 unspecified atom stereocenters. The number of hydrogen-bond donors (Lipinski definition) is 12. The lowest BCUT2D eigenvalue weighted by atomic mass is 9.96. The van der Waals surface area contributed by atoms with Crippen molar-refractivity contribution in [3.8, 4) is 0 Å². The molecule has 276 valence electrons. The summed E-state index contributed by atoms with van der Waals surface area (Å²) < 4.78 is 48.9. The summed E-state index contributed by atoms with van der Waals surface area (Å²) in [7, 11) is 2.34. The minimum absolute atomic E-state index is 0.594. The molecule has 4 aliphatic heterocycles. The number of rotatable bonds is 12. The highest BCUT2D eigenvalue weighted by atomic mass is 16.8. The summed E-state index contributed by atoms with van der Waals surface area (Å²) in [6.07, 6.45) is -32.3. The maximum Gasteiger partial charge on any atom is 0.187 e. The lowest BCUT2D eigenvalue weighted by Gasteiger charge is -2.48. The molecule has 4 rings (SSSR count). The maximum atomic E-state index is 11.2. The van der Waals surface area contributed by atoms with Crippen LogP contribution in [0.5, 0.6) is 0 Å². The lowest BCUT2D eigenvalue weighted by Crippen LogP contribution is -2.67. The Morgan fingerprint density at radius 1 is 0.404 bits per heavy atom. The second-order valence-electron chi connectivity index (χ2n) is 11.6. The van der Waals surface area contributed by atoms with Gasteiger partial charge in [0, 0.05) is 14.2 Å². The Kier molecular flexibility index (Phi) is 14.0. The minimum atomic E-state index is -1.95. The number of hydrogen-bond acceptors (Lipinski definition) is 21. The third kappa shape index (κ3) is 8.06. The van der Waals surface area contributed by atoms with E-state index in [4.69, 9.17) is 42.6 Å². The highest BCUT2D eigenvalue weighted by molar-refractivity contribution is 4.97. The Balaban J connectivity index is 1.48. The molecule has 4 aliphatic rings. The van der Waals surface area contributed by atoms with Crippen LogP contribution in [0.4, 0.5) is 0 Å². The first-order valence-corrected chi connectivity index (χ1v) is 14.9. The van der Waals surface area contributed by atoms with E-state index in [1.54, 1.807) is 0 Å². The van der Waals surface area contributed by atoms with Gasteiger partial charge in [0.25, 0.3) is 0 Å². The molecule has 4 saturated heterocycles. The summed E-state index contributed by atoms with van der Waals surface area (Å²) in [5.41, 5.74) is 0. The SMILES string of the molecule is CO[C@@H]1O[C@H](CO[C@@H]2O[C@H](CO)[C@@H](O)[C@H](O)[C@H]2O)[C@@H](O)[C@H](O[C@@H]2O[C@H](CO)[C@@H](O)[C@H](O[C@@H]3O[C@H](CO)[C@@H](O)[C@H](OC)[C@H]3O)[C@H]2O)[C@H]1O. The lowest BCUT2D eigenvalue weighted by molar-refractivity contribution is -0.382. The van der Waals surface area contributed by atoms with Crippen molar-refractivity contribution in [2.45, 2.75) is 123 Å². The molecule has 0 spiro atoms. The Morgan fingerprint density at radius 2 is 0.809 bits per heavy atom. The minimum Gasteiger partial charge on any atom is -0.394 e. The molecule has 4 heterocycles. The molecule has 0 saturated carbocycles. The van der Waals surface area contributed by atoms with Gasteiger partial charge in [0.15, 0.2) is 25.2 Å². The van der Waals surface area contributed by atoms with Crippen LogP contribution in [-0.4, -0.2) is 225 Å². The fourth-order valence-electron chi connectivity index (χ4n) is 5.87. The van der Waals surface area contributed by atoms with Crippen molar-refractivity contribution >= 4 is 0 Å². The fraction of sp³-hybridized carbons (Fsp3) is 1.00. The van der Waals surface area contributed by atoms with E-state index < -0.39 is 149 Å². The molecule has 21 nitrogen and oxygen atoms in total. The van der Waals surface area contributed by atoms with Crippen molar-refractivity contribution < 1.29 is 104 Å². The highest BCUT2D eigenvalue weighted by Gasteiger charge is 2.54. The zero-order valence-electron chi connectivity index (χ0n) is 25.4. The van der Waals surface area contributed by atoms with Crippen molar-refractivity contribution in [3.05, 3.63) is 0 Å². The molecular weight excluding hydrogens is 648 g/mol. The first kappa shape index (κ1) is 39.0. The second kappa shape index (κ2) is 16.9. The third-order valence-electron chi connectivity index (χ3n) is 8.65. The van der Waals surface area contributed by atoms with Crippen molar-refractivity contribution in [2.75, 3.05) is 40.6 Å². The van der Waals surface area contributed by atoms with Crippen LogP contribution in [0.2, 0.25) is 0 Å². The molecule has 0 aromatic carbocycles. The summed E-state index contributed by atoms with van der Waals surface area (Å²) in [6, 6.07) is 0. The summed E-state index contributed by atoms with van der Waals surface area (Å²) in [5.74, 6) is 0. The number of aliphatic hydroxyl groups is 12. The summed E-state index contributed by atoms with van der Waals surface area (Å²) in [4.78, 5) is 0. The topological polar surface area (TPSA) is 326 Å². The first-order chi connectivity index (χ1) is 22.3. The number of aliphatic hydroxyl groups excluding tert-OH is 12. The van der Waals surface area contributed by atoms with E-state index in [9.17, 15) is 61.3 Å². The quantitative estimate of drug-likeness (QED) is 0.0902. The molecular formula is C26H46O21. The van der Waals surface area contributed by atoms with Gasteiger partial charge in [-0.15, -0.1) is 0 Å². The van der Waals surface area contributed by atoms with Crippen LogP contribution in [0.1, 0.15) is 0 Å². The molecule has 0 radical (unpaired) electrons. The predicted molar refractivity (Wildman–Crippen MR) is 143 cm³/mol. The zero-order chi connectivity index (χ0) is 34.7. The van der Waals surface area contributed by atoms with E-state index in [1.807, 2.05) is 0 Å². The molecule has 0 aromatic heterocycles. The molecule has 0 aromatic rings. The van der Waals surface area contributed by atoms with Crippen molar-refractivity contribution in [1.82, 2.24) is 0 Å². The van der Waals surface area contributed by atoms with E-state index in [-0.39, 0.29) is 0 Å². The van der Waals surface area contributed by atoms with Crippen LogP contribution in [0.25, 0.3) is 0 Å². The van der Waals surface area contributed by atoms with Crippen molar-refractivity contribution in [3.63, 3.8) is 0 Å². The van der Waals surface area contributed by atoms with Crippen LogP contribution >= 0.6 is 0 Å². The average Bonchev–Trinajstić information content (AvgIpc) is 3.06. The second-order valence-corrected chi connectivity index (χ2v) is 11.6. The normalized spacial score (nSPS) is 51.2. The van der Waals surface area contributed by atoms with Crippen LogP contribution in [0.15, 0.2) is 0 Å². The van der Waals surface area contributed by atoms with E-state index in [0.717, 1.165) is 7.11 Å². The van der Waals surface area contributed by atoms with Gasteiger partial charge >= 0.3 is 0 Å². The standard InChI is InChI=1S/C26H46O21/c1-39-20-12(31)8(4-28)43-25(17(20)36)46-21-13(32)9(5-29)44-26(19(21)38)47-22-14(33)10(45-23(40-2)18(22)37)6-41-24-16(35)15(34)11(30)7(3-27)42-24/h7-38H,3-6H2,1-2H3/t7-,8-,9-,10-,11-,12-,13-,14-,15+,16-,17-,18-,19-,20+,21+,22+,23-,24-,25+,26+/m1/s1. The van der Waals surface area contributed by atoms with Gasteiger partial charge < -0.3 is 104 Å². The summed E-state index contributed by atoms with van der Waals surface area (Å²) in [5, 5.41) is 124. The van der Waals surface area contributed by atoms with Crippen LogP contribution < -0.4 is 0 Å². The van der Waals surface area contributed by atoms with Gasteiger partial charge in [-0.25, -0.2) is 0 Å². The maximum absolute atomic E-state index is 11.2. The molecule has 12 N–H and O–H groups in total. The molecule has 0 bridgehead atoms. The number of ether oxygens (including phenoxy) is 9. The van der Waals surface area contributed by atoms with E-state index in [1.165, 1.54) is 7.11 Å². The Hall–Kier alpha value is -0.840. The van der Waals surface area contributed by atoms with Gasteiger partial charge in [-0.05, 0) is 0 Å². The summed E-state index contributed by atoms with van der Waals surface area (Å²) >= 11 is 0. The van der Waals surface area contributed by atoms with Gasteiger partial charge in [-0.2, -0.15) is 0 Å². The van der Waals surface area contributed by atoms with Gasteiger partial charge in [-0.3, -0.25) is 0 Å². The Labute approximate surface area is 267 Å². The predicted octanol–water partition coefficient (Wildman–Crippen LogP) is -8.44. The molecule has 47 heavy (non-hydrogen) atoms. The van der Waals surface area contributed by atoms with Crippen LogP contribution in [0.3, 0.4) is 0 Å². The van der Waals surface area contributed by atoms with Gasteiger partial charge in [0.2, 0.25) is 0 Å². The van der Waals surface area contributed by atoms with Crippen molar-refractivity contribution in [1.29, 1.82) is 0 Å². The van der Waals surface area contributed by atoms with E-state index in [2.05, 4.69) is 0 Å². The molecule has 20 atom stereocenters. The van der Waals surface area contributed by atoms with Gasteiger partial charge in [-0.1, -0.05) is 0 Å². The molecule has 0 amide bonds. The van der Waals surface area contributed by atoms with E-state index >= 15 is 0 Å². The number of methoxy groups -OCH3 is 2. The molecule has 0 aliphatic carbocycles. The highest BCUT2D eigenvalue weighted by Crippen LogP contribution is 2.33. The van der Waals surface area contributed by atoms with Crippen LogP contribution in [-0.2, 0) is 42.6 Å². The van der Waals surface area contributed by atoms with Gasteiger partial charge in [0.05, 0.1) is 26.4 Å². The van der Waals surface area contributed by atoms with Gasteiger partial charge in [0.1, 0.15) is 97.7 Å². The van der Waals surface area contributed by atoms with Crippen molar-refractivity contribution in [2.24, 2.45) is 0 Å². The fourth-order valence-corrected chi connectivity index (χ4v) is 5.87. The Bertz CT molecular complexity index is 948. The smallest absolute Gasteiger partial charge is 0.187 e. The zero-order valence-corrected chi connectivity index (χ0v) is 25.4. The Morgan fingerprint density at radius 3 is 1.30 bits per heavy atom. The average molecular weight is 695 g/mol. The third-order valence-corrected chi connectivity index (χ3v) is 8.65. The molecule has 21 heteroatoms. The molecule has 4 fully saturated rings. The summed E-state index contributed by atoms with van der Waals surface area (Å²) in [6.45, 7) is -2.86. The first-order valence-electron chi connectivity index (χ1n) is 14.9. The van der Waals surface area contributed by atoms with E-state index in [0.29, 0.717) is 0 Å².